The number of nitrogens with one attached hydrogen (secondary N) is 2. The van der Waals surface area contributed by atoms with Gasteiger partial charge in [0.25, 0.3) is 0 Å². The fourth-order valence-electron chi connectivity index (χ4n) is 2.35. The Morgan fingerprint density at radius 2 is 2.07 bits per heavy atom. The highest BCUT2D eigenvalue weighted by Crippen LogP contribution is 2.20. The highest BCUT2D eigenvalue weighted by atomic mass is 16.6. The molecule has 27 heavy (non-hydrogen) atoms. The number of H-pyrrole nitrogens is 1. The third-order valence-corrected chi connectivity index (χ3v) is 3.46. The van der Waals surface area contributed by atoms with Crippen molar-refractivity contribution in [3.8, 4) is 0 Å². The topological polar surface area (TPSA) is 128 Å². The van der Waals surface area contributed by atoms with E-state index in [1.54, 1.807) is 20.8 Å². The first-order chi connectivity index (χ1) is 12.8. The Morgan fingerprint density at radius 1 is 1.33 bits per heavy atom. The van der Waals surface area contributed by atoms with Gasteiger partial charge in [-0.05, 0) is 26.3 Å². The second-order valence-electron chi connectivity index (χ2n) is 6.83. The summed E-state index contributed by atoms with van der Waals surface area (Å²) in [5.74, 6) is 0.457. The second kappa shape index (κ2) is 7.44. The van der Waals surface area contributed by atoms with Crippen LogP contribution in [0, 0.1) is 0 Å². The van der Waals surface area contributed by atoms with Gasteiger partial charge in [-0.1, -0.05) is 35.5 Å². The van der Waals surface area contributed by atoms with Crippen LogP contribution in [0.5, 0.6) is 0 Å². The van der Waals surface area contributed by atoms with Crippen LogP contribution in [-0.2, 0) is 11.3 Å². The molecular formula is C17H20N6O4. The third-order valence-electron chi connectivity index (χ3n) is 3.46. The summed E-state index contributed by atoms with van der Waals surface area (Å²) in [7, 11) is 0. The number of aromatic amines is 1. The normalized spacial score (nSPS) is 12.6. The van der Waals surface area contributed by atoms with Gasteiger partial charge in [-0.3, -0.25) is 4.57 Å². The number of aromatic nitrogens is 5. The van der Waals surface area contributed by atoms with E-state index in [2.05, 4.69) is 25.7 Å². The van der Waals surface area contributed by atoms with Crippen molar-refractivity contribution in [2.75, 3.05) is 0 Å². The lowest BCUT2D eigenvalue weighted by molar-refractivity contribution is 0.0510. The number of amides is 1. The molecule has 0 saturated heterocycles. The van der Waals surface area contributed by atoms with Crippen molar-refractivity contribution >= 4 is 6.09 Å². The molecular weight excluding hydrogens is 352 g/mol. The monoisotopic (exact) mass is 372 g/mol. The molecule has 1 amide bonds. The number of ether oxygens (including phenoxy) is 1. The summed E-state index contributed by atoms with van der Waals surface area (Å²) in [6, 6.07) is 8.54. The summed E-state index contributed by atoms with van der Waals surface area (Å²) < 4.78 is 11.8. The average Bonchev–Trinajstić information content (AvgIpc) is 3.22. The van der Waals surface area contributed by atoms with Gasteiger partial charge >= 0.3 is 11.8 Å². The standard InChI is InChI=1S/C17H20N6O4/c1-17(2,3)26-16(25)20-13(11-7-5-4-6-8-11)14-19-12(27-22-14)9-23-10-18-21-15(23)24/h4-8,10,13H,9H2,1-3H3,(H,20,25)(H,21,24)/t13-/m0/s1. The van der Waals surface area contributed by atoms with Crippen LogP contribution in [0.15, 0.2) is 46.0 Å². The lowest BCUT2D eigenvalue weighted by Crippen LogP contribution is -2.35. The molecule has 3 rings (SSSR count). The van der Waals surface area contributed by atoms with E-state index in [-0.39, 0.29) is 23.9 Å². The molecule has 0 bridgehead atoms. The van der Waals surface area contributed by atoms with E-state index in [4.69, 9.17) is 9.26 Å². The van der Waals surface area contributed by atoms with Crippen molar-refractivity contribution in [1.29, 1.82) is 0 Å². The SMILES string of the molecule is CC(C)(C)OC(=O)N[C@@H](c1ccccc1)c1noc(Cn2cn[nH]c2=O)n1. The van der Waals surface area contributed by atoms with E-state index in [1.165, 1.54) is 10.9 Å². The Labute approximate surface area is 154 Å². The first kappa shape index (κ1) is 18.4. The van der Waals surface area contributed by atoms with Crippen LogP contribution in [0.1, 0.15) is 44.1 Å². The molecule has 1 aromatic carbocycles. The first-order valence-electron chi connectivity index (χ1n) is 8.28. The summed E-state index contributed by atoms with van der Waals surface area (Å²) >= 11 is 0. The zero-order valence-corrected chi connectivity index (χ0v) is 15.2. The fourth-order valence-corrected chi connectivity index (χ4v) is 2.35. The van der Waals surface area contributed by atoms with E-state index in [0.717, 1.165) is 5.56 Å². The van der Waals surface area contributed by atoms with E-state index in [0.29, 0.717) is 0 Å². The summed E-state index contributed by atoms with van der Waals surface area (Å²) in [6.45, 7) is 5.40. The Kier molecular flexibility index (Phi) is 5.06. The number of nitrogens with zero attached hydrogens (tertiary/aromatic N) is 4. The van der Waals surface area contributed by atoms with Crippen molar-refractivity contribution in [1.82, 2.24) is 30.2 Å². The Bertz CT molecular complexity index is 953. The van der Waals surface area contributed by atoms with Gasteiger partial charge in [-0.25, -0.2) is 14.7 Å². The fraction of sp³-hybridized carbons (Fsp3) is 0.353. The lowest BCUT2D eigenvalue weighted by atomic mass is 10.1. The number of alkyl carbamates (subject to hydrolysis) is 1. The van der Waals surface area contributed by atoms with E-state index >= 15 is 0 Å². The summed E-state index contributed by atoms with van der Waals surface area (Å²) in [5, 5.41) is 12.6. The van der Waals surface area contributed by atoms with Crippen molar-refractivity contribution in [2.45, 2.75) is 39.0 Å². The molecule has 2 N–H and O–H groups in total. The number of rotatable bonds is 5. The summed E-state index contributed by atoms with van der Waals surface area (Å²) in [5.41, 5.74) is -0.270. The Balaban J connectivity index is 1.84. The molecule has 10 heteroatoms. The maximum Gasteiger partial charge on any atom is 0.408 e. The minimum absolute atomic E-state index is 0.0658. The molecule has 0 radical (unpaired) electrons. The molecule has 2 aromatic heterocycles. The molecule has 2 heterocycles. The molecule has 0 fully saturated rings. The number of hydrogen-bond acceptors (Lipinski definition) is 7. The summed E-state index contributed by atoms with van der Waals surface area (Å²) in [6.07, 6.45) is 0.730. The van der Waals surface area contributed by atoms with E-state index in [9.17, 15) is 9.59 Å². The van der Waals surface area contributed by atoms with Gasteiger partial charge in [0.05, 0.1) is 0 Å². The van der Waals surface area contributed by atoms with E-state index in [1.807, 2.05) is 30.3 Å². The zero-order valence-electron chi connectivity index (χ0n) is 15.2. The smallest absolute Gasteiger partial charge is 0.408 e. The highest BCUT2D eigenvalue weighted by molar-refractivity contribution is 5.69. The van der Waals surface area contributed by atoms with Gasteiger partial charge < -0.3 is 14.6 Å². The van der Waals surface area contributed by atoms with Crippen molar-refractivity contribution in [3.63, 3.8) is 0 Å². The van der Waals surface area contributed by atoms with Gasteiger partial charge in [0, 0.05) is 0 Å². The predicted octanol–water partition coefficient (Wildman–Crippen LogP) is 1.62. The minimum Gasteiger partial charge on any atom is -0.444 e. The van der Waals surface area contributed by atoms with Crippen LogP contribution >= 0.6 is 0 Å². The summed E-state index contributed by atoms with van der Waals surface area (Å²) in [4.78, 5) is 28.1. The van der Waals surface area contributed by atoms with Gasteiger partial charge in [0.2, 0.25) is 5.89 Å². The molecule has 142 valence electrons. The molecule has 0 spiro atoms. The molecule has 1 atom stereocenters. The third kappa shape index (κ3) is 4.81. The molecule has 0 aliphatic carbocycles. The number of hydrogen-bond donors (Lipinski definition) is 2. The molecule has 0 saturated carbocycles. The maximum atomic E-state index is 12.2. The predicted molar refractivity (Wildman–Crippen MR) is 93.9 cm³/mol. The number of carbonyl (C=O) groups is 1. The maximum absolute atomic E-state index is 12.2. The molecule has 0 aliphatic rings. The highest BCUT2D eigenvalue weighted by Gasteiger charge is 2.25. The lowest BCUT2D eigenvalue weighted by Gasteiger charge is -2.22. The number of benzene rings is 1. The van der Waals surface area contributed by atoms with Crippen LogP contribution in [-0.4, -0.2) is 36.6 Å². The largest absolute Gasteiger partial charge is 0.444 e. The van der Waals surface area contributed by atoms with Gasteiger partial charge in [0.15, 0.2) is 5.82 Å². The average molecular weight is 372 g/mol. The van der Waals surface area contributed by atoms with Crippen molar-refractivity contribution in [2.24, 2.45) is 0 Å². The molecule has 0 unspecified atom stereocenters. The van der Waals surface area contributed by atoms with Crippen molar-refractivity contribution < 1.29 is 14.1 Å². The number of carbonyl (C=O) groups excluding carboxylic acids is 1. The van der Waals surface area contributed by atoms with Crippen LogP contribution in [0.4, 0.5) is 4.79 Å². The first-order valence-corrected chi connectivity index (χ1v) is 8.28. The second-order valence-corrected chi connectivity index (χ2v) is 6.83. The Morgan fingerprint density at radius 3 is 2.70 bits per heavy atom. The molecule has 3 aromatic rings. The van der Waals surface area contributed by atoms with Crippen LogP contribution < -0.4 is 11.0 Å². The van der Waals surface area contributed by atoms with Gasteiger partial charge in [0.1, 0.15) is 24.5 Å². The van der Waals surface area contributed by atoms with Crippen molar-refractivity contribution in [3.05, 3.63) is 64.4 Å². The van der Waals surface area contributed by atoms with Gasteiger partial charge in [-0.2, -0.15) is 10.1 Å². The molecule has 0 aliphatic heterocycles. The van der Waals surface area contributed by atoms with Crippen LogP contribution in [0.3, 0.4) is 0 Å². The molecule has 10 nitrogen and oxygen atoms in total. The van der Waals surface area contributed by atoms with Crippen LogP contribution in [0.2, 0.25) is 0 Å². The Hall–Kier alpha value is -3.43. The van der Waals surface area contributed by atoms with Crippen LogP contribution in [0.25, 0.3) is 0 Å². The van der Waals surface area contributed by atoms with Gasteiger partial charge in [-0.15, -0.1) is 0 Å². The quantitative estimate of drug-likeness (QED) is 0.696. The zero-order chi connectivity index (χ0) is 19.4. The van der Waals surface area contributed by atoms with E-state index < -0.39 is 17.7 Å². The minimum atomic E-state index is -0.667.